The third-order valence-corrected chi connectivity index (χ3v) is 4.64. The van der Waals surface area contributed by atoms with E-state index in [-0.39, 0.29) is 12.2 Å². The predicted molar refractivity (Wildman–Crippen MR) is 98.2 cm³/mol. The van der Waals surface area contributed by atoms with Gasteiger partial charge in [0.1, 0.15) is 5.82 Å². The van der Waals surface area contributed by atoms with Crippen LogP contribution in [0.15, 0.2) is 6.20 Å². The van der Waals surface area contributed by atoms with E-state index in [1.54, 1.807) is 0 Å². The van der Waals surface area contributed by atoms with Crippen LogP contribution in [0, 0.1) is 6.92 Å². The summed E-state index contributed by atoms with van der Waals surface area (Å²) in [5.74, 6) is 1.49. The van der Waals surface area contributed by atoms with Crippen molar-refractivity contribution in [2.45, 2.75) is 19.1 Å². The first-order valence-corrected chi connectivity index (χ1v) is 9.02. The normalized spacial score (nSPS) is 25.7. The van der Waals surface area contributed by atoms with Gasteiger partial charge in [0.25, 0.3) is 0 Å². The second-order valence-corrected chi connectivity index (χ2v) is 7.00. The van der Waals surface area contributed by atoms with Gasteiger partial charge in [-0.3, -0.25) is 0 Å². The molecule has 0 radical (unpaired) electrons. The number of aromatic nitrogens is 2. The van der Waals surface area contributed by atoms with E-state index in [1.807, 2.05) is 13.1 Å². The van der Waals surface area contributed by atoms with Gasteiger partial charge in [-0.05, 0) is 21.0 Å². The van der Waals surface area contributed by atoms with Crippen molar-refractivity contribution >= 4 is 11.8 Å². The summed E-state index contributed by atoms with van der Waals surface area (Å²) in [5, 5.41) is 6.70. The van der Waals surface area contributed by atoms with Crippen molar-refractivity contribution in [3.05, 3.63) is 11.8 Å². The van der Waals surface area contributed by atoms with E-state index in [9.17, 15) is 0 Å². The van der Waals surface area contributed by atoms with E-state index in [4.69, 9.17) is 9.47 Å². The van der Waals surface area contributed by atoms with Gasteiger partial charge < -0.3 is 29.9 Å². The molecular formula is C17H30N6O2. The molecule has 0 bridgehead atoms. The maximum atomic E-state index is 5.79. The standard InChI is InChI=1S/C17H30N6O2/c1-13-8-19-17(20-10-15-12-23(3)5-7-25-15)21-16(13)18-9-14-11-22(2)4-6-24-14/h8,14-15H,4-7,9-12H2,1-3H3,(H2,18,19,20,21). The van der Waals surface area contributed by atoms with Crippen molar-refractivity contribution in [3.63, 3.8) is 0 Å². The zero-order chi connectivity index (χ0) is 17.6. The molecule has 140 valence electrons. The molecule has 8 heteroatoms. The van der Waals surface area contributed by atoms with Gasteiger partial charge in [0.15, 0.2) is 0 Å². The van der Waals surface area contributed by atoms with Gasteiger partial charge in [0, 0.05) is 51.0 Å². The number of hydrogen-bond donors (Lipinski definition) is 2. The molecule has 2 N–H and O–H groups in total. The predicted octanol–water partition coefficient (Wildman–Crippen LogP) is 0.270. The van der Waals surface area contributed by atoms with Crippen molar-refractivity contribution in [3.8, 4) is 0 Å². The number of likely N-dealkylation sites (N-methyl/N-ethyl adjacent to an activating group) is 2. The van der Waals surface area contributed by atoms with E-state index in [0.29, 0.717) is 12.5 Å². The number of hydrogen-bond acceptors (Lipinski definition) is 8. The van der Waals surface area contributed by atoms with E-state index in [2.05, 4.69) is 44.5 Å². The van der Waals surface area contributed by atoms with Crippen molar-refractivity contribution in [1.82, 2.24) is 19.8 Å². The lowest BCUT2D eigenvalue weighted by molar-refractivity contribution is -0.0118. The number of nitrogens with zero attached hydrogens (tertiary/aromatic N) is 4. The van der Waals surface area contributed by atoms with Crippen LogP contribution in [0.1, 0.15) is 5.56 Å². The molecule has 0 aliphatic carbocycles. The van der Waals surface area contributed by atoms with Crippen molar-refractivity contribution in [2.75, 3.05) is 77.2 Å². The van der Waals surface area contributed by atoms with Gasteiger partial charge in [-0.1, -0.05) is 0 Å². The minimum Gasteiger partial charge on any atom is -0.374 e. The Morgan fingerprint density at radius 1 is 1.04 bits per heavy atom. The summed E-state index contributed by atoms with van der Waals surface area (Å²) in [4.78, 5) is 13.6. The molecule has 0 amide bonds. The fourth-order valence-electron chi connectivity index (χ4n) is 3.10. The molecule has 2 atom stereocenters. The fourth-order valence-corrected chi connectivity index (χ4v) is 3.10. The van der Waals surface area contributed by atoms with Crippen LogP contribution in [0.5, 0.6) is 0 Å². The highest BCUT2D eigenvalue weighted by molar-refractivity contribution is 5.46. The van der Waals surface area contributed by atoms with Crippen LogP contribution in [-0.4, -0.2) is 98.6 Å². The van der Waals surface area contributed by atoms with Gasteiger partial charge in [0.05, 0.1) is 25.4 Å². The Hall–Kier alpha value is -1.48. The highest BCUT2D eigenvalue weighted by Gasteiger charge is 2.19. The third-order valence-electron chi connectivity index (χ3n) is 4.64. The first kappa shape index (κ1) is 18.3. The summed E-state index contributed by atoms with van der Waals surface area (Å²) >= 11 is 0. The monoisotopic (exact) mass is 350 g/mol. The minimum atomic E-state index is 0.172. The SMILES string of the molecule is Cc1cnc(NCC2CN(C)CCO2)nc1NCC1CN(C)CCO1. The van der Waals surface area contributed by atoms with E-state index < -0.39 is 0 Å². The second kappa shape index (κ2) is 8.75. The smallest absolute Gasteiger partial charge is 0.224 e. The average Bonchev–Trinajstić information content (AvgIpc) is 2.60. The van der Waals surface area contributed by atoms with Crippen LogP contribution in [-0.2, 0) is 9.47 Å². The number of ether oxygens (including phenoxy) is 2. The molecule has 0 spiro atoms. The molecule has 2 fully saturated rings. The second-order valence-electron chi connectivity index (χ2n) is 7.00. The number of anilines is 2. The topological polar surface area (TPSA) is 74.8 Å². The van der Waals surface area contributed by atoms with Crippen LogP contribution in [0.3, 0.4) is 0 Å². The maximum Gasteiger partial charge on any atom is 0.224 e. The van der Waals surface area contributed by atoms with Crippen molar-refractivity contribution in [2.24, 2.45) is 0 Å². The summed E-state index contributed by atoms with van der Waals surface area (Å²) in [6.07, 6.45) is 2.21. The molecule has 1 aromatic rings. The van der Waals surface area contributed by atoms with Crippen LogP contribution in [0.2, 0.25) is 0 Å². The molecule has 2 aliphatic heterocycles. The lowest BCUT2D eigenvalue weighted by Gasteiger charge is -2.30. The van der Waals surface area contributed by atoms with Crippen LogP contribution >= 0.6 is 0 Å². The van der Waals surface area contributed by atoms with Gasteiger partial charge in [-0.25, -0.2) is 4.98 Å². The summed E-state index contributed by atoms with van der Waals surface area (Å²) in [5.41, 5.74) is 1.03. The Morgan fingerprint density at radius 3 is 2.24 bits per heavy atom. The van der Waals surface area contributed by atoms with Gasteiger partial charge in [-0.15, -0.1) is 0 Å². The summed E-state index contributed by atoms with van der Waals surface area (Å²) in [6.45, 7) is 8.89. The molecule has 2 unspecified atom stereocenters. The lowest BCUT2D eigenvalue weighted by Crippen LogP contribution is -2.43. The van der Waals surface area contributed by atoms with Crippen LogP contribution in [0.4, 0.5) is 11.8 Å². The number of aryl methyl sites for hydroxylation is 1. The van der Waals surface area contributed by atoms with Gasteiger partial charge in [0.2, 0.25) is 5.95 Å². The zero-order valence-corrected chi connectivity index (χ0v) is 15.5. The molecule has 25 heavy (non-hydrogen) atoms. The van der Waals surface area contributed by atoms with E-state index in [1.165, 1.54) is 0 Å². The molecule has 2 saturated heterocycles. The zero-order valence-electron chi connectivity index (χ0n) is 15.5. The Kier molecular flexibility index (Phi) is 6.41. The quantitative estimate of drug-likeness (QED) is 0.757. The fraction of sp³-hybridized carbons (Fsp3) is 0.765. The summed E-state index contributed by atoms with van der Waals surface area (Å²) in [7, 11) is 4.24. The van der Waals surface area contributed by atoms with Crippen molar-refractivity contribution in [1.29, 1.82) is 0 Å². The Balaban J connectivity index is 1.51. The van der Waals surface area contributed by atoms with Crippen LogP contribution in [0.25, 0.3) is 0 Å². The molecular weight excluding hydrogens is 320 g/mol. The van der Waals surface area contributed by atoms with Gasteiger partial charge >= 0.3 is 0 Å². The molecule has 3 heterocycles. The van der Waals surface area contributed by atoms with Crippen LogP contribution < -0.4 is 10.6 Å². The van der Waals surface area contributed by atoms with Crippen molar-refractivity contribution < 1.29 is 9.47 Å². The largest absolute Gasteiger partial charge is 0.374 e. The molecule has 2 aliphatic rings. The molecule has 3 rings (SSSR count). The highest BCUT2D eigenvalue weighted by atomic mass is 16.5. The summed E-state index contributed by atoms with van der Waals surface area (Å²) < 4.78 is 11.6. The first-order valence-electron chi connectivity index (χ1n) is 9.02. The average molecular weight is 350 g/mol. The first-order chi connectivity index (χ1) is 12.1. The molecule has 1 aromatic heterocycles. The number of nitrogens with one attached hydrogen (secondary N) is 2. The number of rotatable bonds is 6. The Bertz CT molecular complexity index is 558. The third kappa shape index (κ3) is 5.50. The maximum absolute atomic E-state index is 5.79. The molecule has 8 nitrogen and oxygen atoms in total. The summed E-state index contributed by atoms with van der Waals surface area (Å²) in [6, 6.07) is 0. The molecule has 0 saturated carbocycles. The Labute approximate surface area is 149 Å². The lowest BCUT2D eigenvalue weighted by atomic mass is 10.2. The highest BCUT2D eigenvalue weighted by Crippen LogP contribution is 2.14. The van der Waals surface area contributed by atoms with Gasteiger partial charge in [-0.2, -0.15) is 4.98 Å². The van der Waals surface area contributed by atoms with E-state index in [0.717, 1.165) is 57.3 Å². The number of morpholine rings is 2. The minimum absolute atomic E-state index is 0.172. The molecule has 0 aromatic carbocycles. The Morgan fingerprint density at radius 2 is 1.64 bits per heavy atom. The van der Waals surface area contributed by atoms with E-state index >= 15 is 0 Å².